The van der Waals surface area contributed by atoms with Crippen molar-refractivity contribution in [2.75, 3.05) is 7.11 Å². The lowest BCUT2D eigenvalue weighted by Gasteiger charge is -2.19. The van der Waals surface area contributed by atoms with E-state index in [4.69, 9.17) is 9.47 Å². The first-order valence-electron chi connectivity index (χ1n) is 6.86. The van der Waals surface area contributed by atoms with Gasteiger partial charge in [0, 0.05) is 6.07 Å². The second kappa shape index (κ2) is 5.25. The highest BCUT2D eigenvalue weighted by molar-refractivity contribution is 5.80. The Labute approximate surface area is 127 Å². The van der Waals surface area contributed by atoms with Crippen LogP contribution in [0.3, 0.4) is 0 Å². The molecule has 0 aliphatic carbocycles. The normalized spacial score (nSPS) is 11.6. The predicted octanol–water partition coefficient (Wildman–Crippen LogP) is 2.78. The SMILES string of the molecule is COc1ccc(Oc2ncnc3c2cnn3C(C)(C)C)cn1. The van der Waals surface area contributed by atoms with Crippen LogP contribution in [0.15, 0.2) is 30.9 Å². The molecule has 3 aromatic heterocycles. The van der Waals surface area contributed by atoms with Crippen LogP contribution in [0, 0.1) is 0 Å². The van der Waals surface area contributed by atoms with Crippen molar-refractivity contribution in [3.05, 3.63) is 30.9 Å². The maximum Gasteiger partial charge on any atom is 0.233 e. The molecule has 0 aliphatic heterocycles. The molecule has 0 N–H and O–H groups in total. The summed E-state index contributed by atoms with van der Waals surface area (Å²) in [5, 5.41) is 5.15. The number of nitrogens with zero attached hydrogens (tertiary/aromatic N) is 5. The first kappa shape index (κ1) is 14.2. The van der Waals surface area contributed by atoms with Crippen molar-refractivity contribution in [3.63, 3.8) is 0 Å². The summed E-state index contributed by atoms with van der Waals surface area (Å²) in [6, 6.07) is 3.50. The monoisotopic (exact) mass is 299 g/mol. The lowest BCUT2D eigenvalue weighted by molar-refractivity contribution is 0.365. The molecule has 114 valence electrons. The Morgan fingerprint density at radius 1 is 1.05 bits per heavy atom. The van der Waals surface area contributed by atoms with Gasteiger partial charge < -0.3 is 9.47 Å². The molecule has 0 spiro atoms. The smallest absolute Gasteiger partial charge is 0.233 e. The quantitative estimate of drug-likeness (QED) is 0.740. The Morgan fingerprint density at radius 2 is 1.86 bits per heavy atom. The number of rotatable bonds is 3. The van der Waals surface area contributed by atoms with Gasteiger partial charge in [-0.1, -0.05) is 0 Å². The number of methoxy groups -OCH3 is 1. The Morgan fingerprint density at radius 3 is 2.50 bits per heavy atom. The van der Waals surface area contributed by atoms with Crippen molar-refractivity contribution < 1.29 is 9.47 Å². The van der Waals surface area contributed by atoms with E-state index < -0.39 is 0 Å². The molecule has 0 aromatic carbocycles. The molecule has 0 atom stereocenters. The van der Waals surface area contributed by atoms with Gasteiger partial charge >= 0.3 is 0 Å². The zero-order chi connectivity index (χ0) is 15.7. The molecule has 0 unspecified atom stereocenters. The molecule has 0 fully saturated rings. The molecule has 22 heavy (non-hydrogen) atoms. The molecule has 0 saturated heterocycles. The van der Waals surface area contributed by atoms with Crippen molar-refractivity contribution in [2.24, 2.45) is 0 Å². The van der Waals surface area contributed by atoms with Crippen LogP contribution in [0.5, 0.6) is 17.5 Å². The zero-order valence-corrected chi connectivity index (χ0v) is 12.9. The highest BCUT2D eigenvalue weighted by Crippen LogP contribution is 2.28. The first-order chi connectivity index (χ1) is 10.5. The van der Waals surface area contributed by atoms with E-state index >= 15 is 0 Å². The number of pyridine rings is 1. The second-order valence-electron chi connectivity index (χ2n) is 5.78. The van der Waals surface area contributed by atoms with Crippen LogP contribution >= 0.6 is 0 Å². The van der Waals surface area contributed by atoms with Crippen molar-refractivity contribution in [1.29, 1.82) is 0 Å². The summed E-state index contributed by atoms with van der Waals surface area (Å²) in [4.78, 5) is 12.6. The summed E-state index contributed by atoms with van der Waals surface area (Å²) in [7, 11) is 1.57. The van der Waals surface area contributed by atoms with E-state index in [-0.39, 0.29) is 5.54 Å². The van der Waals surface area contributed by atoms with Crippen molar-refractivity contribution >= 4 is 11.0 Å². The molecule has 7 heteroatoms. The number of hydrogen-bond donors (Lipinski definition) is 0. The standard InChI is InChI=1S/C15H17N5O2/c1-15(2,3)20-13-11(8-19-20)14(18-9-17-13)22-10-5-6-12(21-4)16-7-10/h5-9H,1-4H3. The predicted molar refractivity (Wildman–Crippen MR) is 81.2 cm³/mol. The average molecular weight is 299 g/mol. The fourth-order valence-corrected chi connectivity index (χ4v) is 2.05. The van der Waals surface area contributed by atoms with Gasteiger partial charge in [0.25, 0.3) is 0 Å². The molecular weight excluding hydrogens is 282 g/mol. The summed E-state index contributed by atoms with van der Waals surface area (Å²) >= 11 is 0. The van der Waals surface area contributed by atoms with E-state index in [1.54, 1.807) is 31.6 Å². The van der Waals surface area contributed by atoms with Gasteiger partial charge in [0.15, 0.2) is 5.65 Å². The van der Waals surface area contributed by atoms with Crippen LogP contribution < -0.4 is 9.47 Å². The fourth-order valence-electron chi connectivity index (χ4n) is 2.05. The van der Waals surface area contributed by atoms with E-state index in [0.717, 1.165) is 11.0 Å². The van der Waals surface area contributed by atoms with Crippen LogP contribution in [0.1, 0.15) is 20.8 Å². The summed E-state index contributed by atoms with van der Waals surface area (Å²) < 4.78 is 12.7. The molecule has 3 heterocycles. The molecule has 0 radical (unpaired) electrons. The third-order valence-corrected chi connectivity index (χ3v) is 3.10. The topological polar surface area (TPSA) is 75.0 Å². The van der Waals surface area contributed by atoms with Crippen LogP contribution in [0.25, 0.3) is 11.0 Å². The molecular formula is C15H17N5O2. The molecule has 0 saturated carbocycles. The van der Waals surface area contributed by atoms with Gasteiger partial charge in [-0.05, 0) is 26.8 Å². The molecule has 3 rings (SSSR count). The van der Waals surface area contributed by atoms with E-state index in [1.165, 1.54) is 6.33 Å². The van der Waals surface area contributed by atoms with Gasteiger partial charge in [-0.2, -0.15) is 5.10 Å². The number of aromatic nitrogens is 5. The lowest BCUT2D eigenvalue weighted by atomic mass is 10.1. The Balaban J connectivity index is 1.99. The maximum atomic E-state index is 5.79. The Bertz CT molecular complexity index is 790. The number of fused-ring (bicyclic) bond motifs is 1. The molecule has 7 nitrogen and oxygen atoms in total. The van der Waals surface area contributed by atoms with Crippen LogP contribution in [-0.4, -0.2) is 31.8 Å². The van der Waals surface area contributed by atoms with Gasteiger partial charge in [0.05, 0.1) is 25.0 Å². The minimum Gasteiger partial charge on any atom is -0.481 e. The second-order valence-corrected chi connectivity index (χ2v) is 5.78. The van der Waals surface area contributed by atoms with Gasteiger partial charge in [0.2, 0.25) is 11.8 Å². The van der Waals surface area contributed by atoms with Crippen molar-refractivity contribution in [1.82, 2.24) is 24.7 Å². The largest absolute Gasteiger partial charge is 0.481 e. The summed E-state index contributed by atoms with van der Waals surface area (Å²) in [5.41, 5.74) is 0.564. The zero-order valence-electron chi connectivity index (χ0n) is 12.9. The fraction of sp³-hybridized carbons (Fsp3) is 0.333. The lowest BCUT2D eigenvalue weighted by Crippen LogP contribution is -2.23. The Kier molecular flexibility index (Phi) is 3.40. The van der Waals surface area contributed by atoms with Crippen molar-refractivity contribution in [3.8, 4) is 17.5 Å². The minimum atomic E-state index is -0.172. The minimum absolute atomic E-state index is 0.172. The number of ether oxygens (including phenoxy) is 2. The average Bonchev–Trinajstić information content (AvgIpc) is 2.93. The molecule has 0 amide bonds. The molecule has 0 bridgehead atoms. The summed E-state index contributed by atoms with van der Waals surface area (Å²) in [6.45, 7) is 6.19. The third-order valence-electron chi connectivity index (χ3n) is 3.10. The van der Waals surface area contributed by atoms with Crippen LogP contribution in [-0.2, 0) is 5.54 Å². The van der Waals surface area contributed by atoms with Gasteiger partial charge in [-0.25, -0.2) is 19.6 Å². The van der Waals surface area contributed by atoms with E-state index in [9.17, 15) is 0 Å². The summed E-state index contributed by atoms with van der Waals surface area (Å²) in [6.07, 6.45) is 4.77. The first-order valence-corrected chi connectivity index (χ1v) is 6.86. The highest BCUT2D eigenvalue weighted by Gasteiger charge is 2.20. The van der Waals surface area contributed by atoms with Gasteiger partial charge in [-0.3, -0.25) is 0 Å². The molecule has 0 aliphatic rings. The van der Waals surface area contributed by atoms with E-state index in [1.807, 2.05) is 4.68 Å². The van der Waals surface area contributed by atoms with Crippen LogP contribution in [0.4, 0.5) is 0 Å². The maximum absolute atomic E-state index is 5.79. The summed E-state index contributed by atoms with van der Waals surface area (Å²) in [5.74, 6) is 1.55. The van der Waals surface area contributed by atoms with E-state index in [0.29, 0.717) is 17.5 Å². The van der Waals surface area contributed by atoms with Crippen LogP contribution in [0.2, 0.25) is 0 Å². The third kappa shape index (κ3) is 2.57. The Hall–Kier alpha value is -2.70. The van der Waals surface area contributed by atoms with Crippen molar-refractivity contribution in [2.45, 2.75) is 26.3 Å². The molecule has 3 aromatic rings. The van der Waals surface area contributed by atoms with Gasteiger partial charge in [-0.15, -0.1) is 0 Å². The van der Waals surface area contributed by atoms with E-state index in [2.05, 4.69) is 40.8 Å². The highest BCUT2D eigenvalue weighted by atomic mass is 16.5. The number of hydrogen-bond acceptors (Lipinski definition) is 6. The van der Waals surface area contributed by atoms with Gasteiger partial charge in [0.1, 0.15) is 17.5 Å².